The lowest BCUT2D eigenvalue weighted by atomic mass is 10.1. The Morgan fingerprint density at radius 2 is 2.03 bits per heavy atom. The number of likely N-dealkylation sites (tertiary alicyclic amines) is 1. The molecule has 164 valence electrons. The number of primary amides is 1. The number of nitrogens with zero attached hydrogens (tertiary/aromatic N) is 6. The molecule has 2 atom stereocenters. The number of rotatable bonds is 5. The van der Waals surface area contributed by atoms with Gasteiger partial charge in [-0.2, -0.15) is 15.5 Å². The normalized spacial score (nSPS) is 21.5. The fourth-order valence-electron chi connectivity index (χ4n) is 4.37. The minimum atomic E-state index is -0.838. The SMILES string of the molecule is Cc1cnn(-c2cc3c(N[C@@H]4CN(C(=O)C5(C#N)CC5)C[C@H]4C)c(C(N)=O)cnn3c2)c1. The second kappa shape index (κ2) is 7.09. The topological polar surface area (TPSA) is 134 Å². The summed E-state index contributed by atoms with van der Waals surface area (Å²) in [5.74, 6) is -0.545. The lowest BCUT2D eigenvalue weighted by Crippen LogP contribution is -2.36. The van der Waals surface area contributed by atoms with Crippen LogP contribution in [0.3, 0.4) is 0 Å². The Hall–Kier alpha value is -3.87. The molecule has 2 fully saturated rings. The van der Waals surface area contributed by atoms with Gasteiger partial charge in [-0.15, -0.1) is 0 Å². The molecule has 32 heavy (non-hydrogen) atoms. The number of fused-ring (bicyclic) bond motifs is 1. The van der Waals surface area contributed by atoms with Gasteiger partial charge in [-0.25, -0.2) is 9.20 Å². The van der Waals surface area contributed by atoms with Crippen molar-refractivity contribution in [1.29, 1.82) is 5.26 Å². The van der Waals surface area contributed by atoms with E-state index in [0.717, 1.165) is 11.3 Å². The third-order valence-electron chi connectivity index (χ3n) is 6.47. The summed E-state index contributed by atoms with van der Waals surface area (Å²) < 4.78 is 3.42. The lowest BCUT2D eigenvalue weighted by Gasteiger charge is -2.21. The number of nitriles is 1. The van der Waals surface area contributed by atoms with Crippen LogP contribution in [-0.4, -0.2) is 55.2 Å². The zero-order chi connectivity index (χ0) is 22.6. The Bertz CT molecular complexity index is 1280. The summed E-state index contributed by atoms with van der Waals surface area (Å²) in [5.41, 5.74) is 8.19. The van der Waals surface area contributed by atoms with Crippen LogP contribution in [-0.2, 0) is 4.79 Å². The molecular formula is C22H24N8O2. The van der Waals surface area contributed by atoms with Gasteiger partial charge in [0.2, 0.25) is 5.91 Å². The first-order chi connectivity index (χ1) is 15.3. The molecule has 2 amide bonds. The molecule has 1 aliphatic heterocycles. The van der Waals surface area contributed by atoms with E-state index in [1.54, 1.807) is 20.3 Å². The van der Waals surface area contributed by atoms with Crippen LogP contribution in [0.4, 0.5) is 5.69 Å². The summed E-state index contributed by atoms with van der Waals surface area (Å²) in [6, 6.07) is 3.98. The maximum absolute atomic E-state index is 12.8. The van der Waals surface area contributed by atoms with Crippen molar-refractivity contribution in [1.82, 2.24) is 24.3 Å². The first-order valence-corrected chi connectivity index (χ1v) is 10.6. The van der Waals surface area contributed by atoms with Gasteiger partial charge in [0.25, 0.3) is 5.91 Å². The maximum Gasteiger partial charge on any atom is 0.252 e. The molecule has 1 aliphatic carbocycles. The fraction of sp³-hybridized carbons (Fsp3) is 0.409. The van der Waals surface area contributed by atoms with Crippen LogP contribution in [0, 0.1) is 29.6 Å². The Kier molecular flexibility index (Phi) is 4.44. The van der Waals surface area contributed by atoms with Gasteiger partial charge in [0.1, 0.15) is 5.41 Å². The Morgan fingerprint density at radius 1 is 1.25 bits per heavy atom. The van der Waals surface area contributed by atoms with Crippen LogP contribution >= 0.6 is 0 Å². The molecule has 0 unspecified atom stereocenters. The molecular weight excluding hydrogens is 408 g/mol. The molecule has 4 heterocycles. The predicted octanol–water partition coefficient (Wildman–Crippen LogP) is 1.49. The molecule has 10 nitrogen and oxygen atoms in total. The molecule has 1 saturated heterocycles. The average molecular weight is 432 g/mol. The monoisotopic (exact) mass is 432 g/mol. The van der Waals surface area contributed by atoms with Crippen molar-refractivity contribution in [3.63, 3.8) is 0 Å². The molecule has 0 radical (unpaired) electrons. The van der Waals surface area contributed by atoms with Gasteiger partial charge in [-0.3, -0.25) is 9.59 Å². The molecule has 2 aliphatic rings. The van der Waals surface area contributed by atoms with Crippen molar-refractivity contribution in [2.75, 3.05) is 18.4 Å². The van der Waals surface area contributed by atoms with E-state index in [9.17, 15) is 14.9 Å². The molecule has 3 aromatic rings. The van der Waals surface area contributed by atoms with Gasteiger partial charge in [0, 0.05) is 25.3 Å². The number of aryl methyl sites for hydroxylation is 1. The highest BCUT2D eigenvalue weighted by Crippen LogP contribution is 2.47. The van der Waals surface area contributed by atoms with E-state index in [1.807, 2.05) is 25.4 Å². The van der Waals surface area contributed by atoms with Crippen molar-refractivity contribution >= 4 is 23.0 Å². The number of nitrogens with two attached hydrogens (primary N) is 1. The van der Waals surface area contributed by atoms with Crippen molar-refractivity contribution in [3.8, 4) is 11.8 Å². The van der Waals surface area contributed by atoms with E-state index in [0.29, 0.717) is 37.1 Å². The number of amides is 2. The summed E-state index contributed by atoms with van der Waals surface area (Å²) in [7, 11) is 0. The molecule has 0 spiro atoms. The summed E-state index contributed by atoms with van der Waals surface area (Å²) in [5, 5.41) is 21.5. The molecule has 5 rings (SSSR count). The van der Waals surface area contributed by atoms with Crippen molar-refractivity contribution in [2.45, 2.75) is 32.7 Å². The van der Waals surface area contributed by atoms with Gasteiger partial charge in [-0.1, -0.05) is 6.92 Å². The fourth-order valence-corrected chi connectivity index (χ4v) is 4.37. The molecule has 1 saturated carbocycles. The highest BCUT2D eigenvalue weighted by Gasteiger charge is 2.54. The Labute approximate surface area is 184 Å². The third-order valence-corrected chi connectivity index (χ3v) is 6.47. The quantitative estimate of drug-likeness (QED) is 0.627. The van der Waals surface area contributed by atoms with Gasteiger partial charge in [0.15, 0.2) is 0 Å². The molecule has 10 heteroatoms. The maximum atomic E-state index is 12.8. The zero-order valence-electron chi connectivity index (χ0n) is 17.9. The number of hydrogen-bond acceptors (Lipinski definition) is 6. The van der Waals surface area contributed by atoms with Crippen molar-refractivity contribution in [2.24, 2.45) is 17.1 Å². The van der Waals surface area contributed by atoms with Crippen LogP contribution in [0.25, 0.3) is 11.2 Å². The highest BCUT2D eigenvalue weighted by molar-refractivity contribution is 6.02. The minimum absolute atomic E-state index is 0.0924. The van der Waals surface area contributed by atoms with Crippen LogP contribution in [0.2, 0.25) is 0 Å². The van der Waals surface area contributed by atoms with E-state index < -0.39 is 11.3 Å². The van der Waals surface area contributed by atoms with E-state index in [-0.39, 0.29) is 23.4 Å². The van der Waals surface area contributed by atoms with E-state index in [1.165, 1.54) is 6.20 Å². The molecule has 0 bridgehead atoms. The van der Waals surface area contributed by atoms with E-state index >= 15 is 0 Å². The second-order valence-corrected chi connectivity index (χ2v) is 8.92. The Balaban J connectivity index is 1.48. The first-order valence-electron chi connectivity index (χ1n) is 10.6. The number of carbonyl (C=O) groups is 2. The van der Waals surface area contributed by atoms with Gasteiger partial charge < -0.3 is 16.0 Å². The highest BCUT2D eigenvalue weighted by atomic mass is 16.2. The third kappa shape index (κ3) is 3.17. The zero-order valence-corrected chi connectivity index (χ0v) is 17.9. The number of anilines is 1. The number of nitrogens with one attached hydrogen (secondary N) is 1. The van der Waals surface area contributed by atoms with Crippen LogP contribution in [0.15, 0.2) is 30.9 Å². The summed E-state index contributed by atoms with van der Waals surface area (Å²) in [6.45, 7) is 5.03. The number of carbonyl (C=O) groups excluding carboxylic acids is 2. The lowest BCUT2D eigenvalue weighted by molar-refractivity contribution is -0.134. The molecule has 3 N–H and O–H groups in total. The largest absolute Gasteiger partial charge is 0.378 e. The number of aromatic nitrogens is 4. The summed E-state index contributed by atoms with van der Waals surface area (Å²) in [6.07, 6.45) is 8.21. The molecule has 3 aromatic heterocycles. The van der Waals surface area contributed by atoms with Crippen molar-refractivity contribution < 1.29 is 9.59 Å². The standard InChI is InChI=1S/C22H24N8O2/c1-13-6-25-29(8-13)15-5-18-19(16(20(24)31)7-26-30(18)10-15)27-17-11-28(9-14(17)2)21(32)22(12-23)3-4-22/h5-8,10,14,17,27H,3-4,9,11H2,1-2H3,(H2,24,31)/t14-,17-/m1/s1. The van der Waals surface area contributed by atoms with E-state index in [4.69, 9.17) is 5.73 Å². The Morgan fingerprint density at radius 3 is 2.66 bits per heavy atom. The van der Waals surface area contributed by atoms with E-state index in [2.05, 4.69) is 28.5 Å². The summed E-state index contributed by atoms with van der Waals surface area (Å²) >= 11 is 0. The van der Waals surface area contributed by atoms with Crippen LogP contribution in [0.5, 0.6) is 0 Å². The van der Waals surface area contributed by atoms with Crippen LogP contribution in [0.1, 0.15) is 35.7 Å². The van der Waals surface area contributed by atoms with Gasteiger partial charge in [-0.05, 0) is 37.3 Å². The number of hydrogen-bond donors (Lipinski definition) is 2. The smallest absolute Gasteiger partial charge is 0.252 e. The average Bonchev–Trinajstić information content (AvgIpc) is 3.05. The summed E-state index contributed by atoms with van der Waals surface area (Å²) in [4.78, 5) is 26.8. The minimum Gasteiger partial charge on any atom is -0.378 e. The second-order valence-electron chi connectivity index (χ2n) is 8.92. The van der Waals surface area contributed by atoms with Crippen molar-refractivity contribution in [3.05, 3.63) is 42.0 Å². The van der Waals surface area contributed by atoms with Gasteiger partial charge >= 0.3 is 0 Å². The predicted molar refractivity (Wildman–Crippen MR) is 116 cm³/mol. The molecule has 0 aromatic carbocycles. The van der Waals surface area contributed by atoms with Crippen LogP contribution < -0.4 is 11.1 Å². The van der Waals surface area contributed by atoms with Gasteiger partial charge in [0.05, 0.1) is 47.1 Å². The first kappa shape index (κ1) is 20.1.